The molecule has 0 aliphatic carbocycles. The monoisotopic (exact) mass is 140 g/mol. The Morgan fingerprint density at radius 1 is 1.67 bits per heavy atom. The van der Waals surface area contributed by atoms with Gasteiger partial charge in [-0.3, -0.25) is 0 Å². The molecule has 0 fully saturated rings. The van der Waals surface area contributed by atoms with Gasteiger partial charge in [0.15, 0.2) is 0 Å². The Morgan fingerprint density at radius 2 is 2.56 bits per heavy atom. The van der Waals surface area contributed by atoms with E-state index in [1.165, 1.54) is 4.88 Å². The van der Waals surface area contributed by atoms with Gasteiger partial charge in [-0.15, -0.1) is 11.3 Å². The van der Waals surface area contributed by atoms with Crippen molar-refractivity contribution < 1.29 is 4.79 Å². The van der Waals surface area contributed by atoms with Gasteiger partial charge in [-0.1, -0.05) is 6.07 Å². The molecule has 48 valence electrons. The minimum absolute atomic E-state index is 0.653. The molecule has 0 aliphatic rings. The predicted octanol–water partition coefficient (Wildman–Crippen LogP) is 1.88. The molecule has 1 rings (SSSR count). The van der Waals surface area contributed by atoms with Crippen molar-refractivity contribution in [1.29, 1.82) is 0 Å². The van der Waals surface area contributed by atoms with Crippen LogP contribution in [0.5, 0.6) is 0 Å². The lowest BCUT2D eigenvalue weighted by atomic mass is 10.3. The molecule has 1 heterocycles. The van der Waals surface area contributed by atoms with E-state index in [0.717, 1.165) is 12.7 Å². The summed E-state index contributed by atoms with van der Waals surface area (Å²) in [6.07, 6.45) is 2.52. The second-order valence-electron chi connectivity index (χ2n) is 1.78. The van der Waals surface area contributed by atoms with Crippen LogP contribution >= 0.6 is 11.3 Å². The molecule has 1 aromatic heterocycles. The summed E-state index contributed by atoms with van der Waals surface area (Å²) in [5.74, 6) is 0. The molecule has 0 radical (unpaired) electrons. The molecule has 0 saturated carbocycles. The van der Waals surface area contributed by atoms with Crippen molar-refractivity contribution >= 4 is 17.6 Å². The van der Waals surface area contributed by atoms with E-state index < -0.39 is 0 Å². The summed E-state index contributed by atoms with van der Waals surface area (Å²) in [6, 6.07) is 4.05. The van der Waals surface area contributed by atoms with Crippen LogP contribution in [0.4, 0.5) is 0 Å². The maximum atomic E-state index is 9.90. The standard InChI is InChI=1S/C7H8OS/c8-5-1-3-7-4-2-6-9-7/h2,4-6H,1,3H2. The van der Waals surface area contributed by atoms with Crippen molar-refractivity contribution in [2.45, 2.75) is 12.8 Å². The number of rotatable bonds is 3. The predicted molar refractivity (Wildman–Crippen MR) is 38.7 cm³/mol. The van der Waals surface area contributed by atoms with Crippen LogP contribution in [0.15, 0.2) is 17.5 Å². The van der Waals surface area contributed by atoms with Crippen molar-refractivity contribution in [2.75, 3.05) is 0 Å². The Bertz CT molecular complexity index is 167. The normalized spacial score (nSPS) is 9.33. The van der Waals surface area contributed by atoms with Crippen LogP contribution in [-0.4, -0.2) is 6.29 Å². The number of aldehydes is 1. The van der Waals surface area contributed by atoms with E-state index in [1.807, 2.05) is 17.5 Å². The first-order valence-electron chi connectivity index (χ1n) is 2.89. The fraction of sp³-hybridized carbons (Fsp3) is 0.286. The van der Waals surface area contributed by atoms with Crippen molar-refractivity contribution in [3.05, 3.63) is 22.4 Å². The maximum absolute atomic E-state index is 9.90. The Morgan fingerprint density at radius 3 is 3.11 bits per heavy atom. The van der Waals surface area contributed by atoms with E-state index in [1.54, 1.807) is 11.3 Å². The lowest BCUT2D eigenvalue weighted by Crippen LogP contribution is -1.78. The number of hydrogen-bond donors (Lipinski definition) is 0. The lowest BCUT2D eigenvalue weighted by molar-refractivity contribution is -0.107. The van der Waals surface area contributed by atoms with E-state index in [4.69, 9.17) is 0 Å². The van der Waals surface area contributed by atoms with E-state index >= 15 is 0 Å². The third kappa shape index (κ3) is 1.98. The van der Waals surface area contributed by atoms with Crippen molar-refractivity contribution in [3.8, 4) is 0 Å². The van der Waals surface area contributed by atoms with Crippen LogP contribution in [-0.2, 0) is 11.2 Å². The number of carbonyl (C=O) groups is 1. The maximum Gasteiger partial charge on any atom is 0.120 e. The van der Waals surface area contributed by atoms with Crippen molar-refractivity contribution in [1.82, 2.24) is 0 Å². The topological polar surface area (TPSA) is 17.1 Å². The first-order valence-corrected chi connectivity index (χ1v) is 3.77. The molecule has 1 nitrogen and oxygen atoms in total. The minimum Gasteiger partial charge on any atom is -0.303 e. The second kappa shape index (κ2) is 3.41. The average molecular weight is 140 g/mol. The summed E-state index contributed by atoms with van der Waals surface area (Å²) in [7, 11) is 0. The lowest BCUT2D eigenvalue weighted by Gasteiger charge is -1.85. The van der Waals surface area contributed by atoms with E-state index in [9.17, 15) is 4.79 Å². The summed E-state index contributed by atoms with van der Waals surface area (Å²) >= 11 is 1.70. The smallest absolute Gasteiger partial charge is 0.120 e. The third-order valence-electron chi connectivity index (χ3n) is 1.09. The van der Waals surface area contributed by atoms with Gasteiger partial charge in [0.25, 0.3) is 0 Å². The van der Waals surface area contributed by atoms with Gasteiger partial charge in [0.05, 0.1) is 0 Å². The molecule has 2 heteroatoms. The van der Waals surface area contributed by atoms with Gasteiger partial charge in [0.1, 0.15) is 6.29 Å². The molecule has 0 atom stereocenters. The molecule has 9 heavy (non-hydrogen) atoms. The minimum atomic E-state index is 0.653. The Hall–Kier alpha value is -0.630. The molecule has 0 saturated heterocycles. The zero-order valence-electron chi connectivity index (χ0n) is 5.04. The van der Waals surface area contributed by atoms with Crippen molar-refractivity contribution in [3.63, 3.8) is 0 Å². The first kappa shape index (κ1) is 6.49. The van der Waals surface area contributed by atoms with Gasteiger partial charge in [0, 0.05) is 11.3 Å². The second-order valence-corrected chi connectivity index (χ2v) is 2.82. The molecule has 0 aliphatic heterocycles. The Kier molecular flexibility index (Phi) is 2.46. The first-order chi connectivity index (χ1) is 4.43. The van der Waals surface area contributed by atoms with Gasteiger partial charge < -0.3 is 4.79 Å². The molecule has 0 N–H and O–H groups in total. The highest BCUT2D eigenvalue weighted by Gasteiger charge is 1.89. The number of aryl methyl sites for hydroxylation is 1. The van der Waals surface area contributed by atoms with Crippen LogP contribution < -0.4 is 0 Å². The summed E-state index contributed by atoms with van der Waals surface area (Å²) in [5.41, 5.74) is 0. The van der Waals surface area contributed by atoms with Gasteiger partial charge in [-0.25, -0.2) is 0 Å². The number of hydrogen-bond acceptors (Lipinski definition) is 2. The zero-order chi connectivity index (χ0) is 6.53. The number of thiophene rings is 1. The Balaban J connectivity index is 2.38. The molecule has 0 spiro atoms. The zero-order valence-corrected chi connectivity index (χ0v) is 5.86. The third-order valence-corrected chi connectivity index (χ3v) is 2.02. The number of carbonyl (C=O) groups excluding carboxylic acids is 1. The molecule has 1 aromatic rings. The van der Waals surface area contributed by atoms with Crippen LogP contribution in [0.2, 0.25) is 0 Å². The van der Waals surface area contributed by atoms with Crippen LogP contribution in [0.1, 0.15) is 11.3 Å². The highest BCUT2D eigenvalue weighted by Crippen LogP contribution is 2.09. The van der Waals surface area contributed by atoms with E-state index in [-0.39, 0.29) is 0 Å². The van der Waals surface area contributed by atoms with Gasteiger partial charge in [-0.05, 0) is 17.9 Å². The average Bonchev–Trinajstić information content (AvgIpc) is 2.34. The van der Waals surface area contributed by atoms with Crippen LogP contribution in [0.25, 0.3) is 0 Å². The highest BCUT2D eigenvalue weighted by atomic mass is 32.1. The molecule has 0 unspecified atom stereocenters. The highest BCUT2D eigenvalue weighted by molar-refractivity contribution is 7.09. The van der Waals surface area contributed by atoms with Gasteiger partial charge in [0.2, 0.25) is 0 Å². The fourth-order valence-corrected chi connectivity index (χ4v) is 1.38. The molecule has 0 amide bonds. The van der Waals surface area contributed by atoms with Crippen LogP contribution in [0, 0.1) is 0 Å². The molecule has 0 bridgehead atoms. The fourth-order valence-electron chi connectivity index (χ4n) is 0.656. The quantitative estimate of drug-likeness (QED) is 0.586. The van der Waals surface area contributed by atoms with Gasteiger partial charge >= 0.3 is 0 Å². The molecule has 0 aromatic carbocycles. The largest absolute Gasteiger partial charge is 0.303 e. The Labute approximate surface area is 58.3 Å². The molecular formula is C7H8OS. The van der Waals surface area contributed by atoms with Gasteiger partial charge in [-0.2, -0.15) is 0 Å². The molecular weight excluding hydrogens is 132 g/mol. The summed E-state index contributed by atoms with van der Waals surface area (Å²) < 4.78 is 0. The summed E-state index contributed by atoms with van der Waals surface area (Å²) in [6.45, 7) is 0. The van der Waals surface area contributed by atoms with Crippen LogP contribution in [0.3, 0.4) is 0 Å². The summed E-state index contributed by atoms with van der Waals surface area (Å²) in [5, 5.41) is 2.03. The van der Waals surface area contributed by atoms with E-state index in [0.29, 0.717) is 6.42 Å². The SMILES string of the molecule is O=CCCc1cccs1. The van der Waals surface area contributed by atoms with Crippen molar-refractivity contribution in [2.24, 2.45) is 0 Å². The summed E-state index contributed by atoms with van der Waals surface area (Å²) in [4.78, 5) is 11.2. The van der Waals surface area contributed by atoms with E-state index in [2.05, 4.69) is 0 Å².